The molecule has 0 aromatic heterocycles. The number of carbonyl (C=O) groups is 1. The van der Waals surface area contributed by atoms with Crippen molar-refractivity contribution in [2.45, 2.75) is 72.6 Å². The van der Waals surface area contributed by atoms with Gasteiger partial charge in [-0.25, -0.2) is 0 Å². The van der Waals surface area contributed by atoms with Crippen LogP contribution in [0, 0.1) is 11.3 Å². The fourth-order valence-corrected chi connectivity index (χ4v) is 2.27. The maximum Gasteiger partial charge on any atom is 0.303 e. The number of rotatable bonds is 8. The van der Waals surface area contributed by atoms with Crippen molar-refractivity contribution in [1.29, 1.82) is 0 Å². The molecule has 0 spiro atoms. The minimum absolute atomic E-state index is 0.331. The first-order valence-electron chi connectivity index (χ1n) is 6.53. The quantitative estimate of drug-likeness (QED) is 0.622. The molecule has 0 aliphatic rings. The Bertz CT molecular complexity index is 191. The lowest BCUT2D eigenvalue weighted by Gasteiger charge is -2.23. The van der Waals surface area contributed by atoms with E-state index in [1.165, 1.54) is 25.7 Å². The van der Waals surface area contributed by atoms with Crippen LogP contribution in [-0.2, 0) is 4.79 Å². The lowest BCUT2D eigenvalue weighted by atomic mass is 9.83. The van der Waals surface area contributed by atoms with Crippen molar-refractivity contribution in [3.63, 3.8) is 0 Å². The molecule has 0 bridgehead atoms. The first kappa shape index (κ1) is 15.5. The molecule has 1 atom stereocenters. The van der Waals surface area contributed by atoms with E-state index < -0.39 is 5.97 Å². The lowest BCUT2D eigenvalue weighted by Crippen LogP contribution is -2.10. The summed E-state index contributed by atoms with van der Waals surface area (Å²) in [4.78, 5) is 10.3. The van der Waals surface area contributed by atoms with Crippen LogP contribution in [0.15, 0.2) is 0 Å². The second-order valence-corrected chi connectivity index (χ2v) is 6.22. The Morgan fingerprint density at radius 3 is 2.19 bits per heavy atom. The van der Waals surface area contributed by atoms with E-state index in [4.69, 9.17) is 5.11 Å². The molecule has 0 aromatic rings. The fraction of sp³-hybridized carbons (Fsp3) is 0.929. The highest BCUT2D eigenvalue weighted by molar-refractivity contribution is 5.66. The standard InChI is InChI=1S/C14H28O2/c1-12(11-14(2,3)4)9-7-5-6-8-10-13(15)16/h12H,5-11H2,1-4H3,(H,15,16). The zero-order valence-corrected chi connectivity index (χ0v) is 11.4. The van der Waals surface area contributed by atoms with Gasteiger partial charge in [-0.15, -0.1) is 0 Å². The van der Waals surface area contributed by atoms with Crippen LogP contribution in [0.5, 0.6) is 0 Å². The van der Waals surface area contributed by atoms with Gasteiger partial charge in [0.15, 0.2) is 0 Å². The van der Waals surface area contributed by atoms with Crippen molar-refractivity contribution in [2.75, 3.05) is 0 Å². The zero-order chi connectivity index (χ0) is 12.6. The highest BCUT2D eigenvalue weighted by Gasteiger charge is 2.14. The van der Waals surface area contributed by atoms with E-state index in [0.29, 0.717) is 11.8 Å². The smallest absolute Gasteiger partial charge is 0.303 e. The summed E-state index contributed by atoms with van der Waals surface area (Å²) in [5, 5.41) is 8.49. The predicted molar refractivity (Wildman–Crippen MR) is 68.6 cm³/mol. The predicted octanol–water partition coefficient (Wildman–Crippen LogP) is 4.48. The van der Waals surface area contributed by atoms with E-state index >= 15 is 0 Å². The van der Waals surface area contributed by atoms with E-state index in [-0.39, 0.29) is 0 Å². The molecule has 0 radical (unpaired) electrons. The fourth-order valence-electron chi connectivity index (χ4n) is 2.27. The summed E-state index contributed by atoms with van der Waals surface area (Å²) >= 11 is 0. The van der Waals surface area contributed by atoms with E-state index in [1.807, 2.05) is 0 Å². The van der Waals surface area contributed by atoms with Crippen molar-refractivity contribution in [3.05, 3.63) is 0 Å². The second-order valence-electron chi connectivity index (χ2n) is 6.22. The van der Waals surface area contributed by atoms with Crippen LogP contribution >= 0.6 is 0 Å². The number of hydrogen-bond donors (Lipinski definition) is 1. The van der Waals surface area contributed by atoms with Crippen molar-refractivity contribution in [2.24, 2.45) is 11.3 Å². The van der Waals surface area contributed by atoms with Gasteiger partial charge in [0, 0.05) is 6.42 Å². The van der Waals surface area contributed by atoms with Gasteiger partial charge in [-0.05, 0) is 24.2 Å². The molecule has 0 saturated carbocycles. The summed E-state index contributed by atoms with van der Waals surface area (Å²) in [5.74, 6) is 0.126. The summed E-state index contributed by atoms with van der Waals surface area (Å²) in [6.45, 7) is 9.19. The molecule has 0 aliphatic heterocycles. The van der Waals surface area contributed by atoms with Crippen molar-refractivity contribution >= 4 is 5.97 Å². The minimum Gasteiger partial charge on any atom is -0.481 e. The third kappa shape index (κ3) is 11.5. The molecule has 0 aromatic carbocycles. The molecule has 96 valence electrons. The largest absolute Gasteiger partial charge is 0.481 e. The third-order valence-electron chi connectivity index (χ3n) is 2.80. The first-order chi connectivity index (χ1) is 7.31. The van der Waals surface area contributed by atoms with Gasteiger partial charge in [-0.1, -0.05) is 53.4 Å². The SMILES string of the molecule is CC(CCCCCCC(=O)O)CC(C)(C)C. The highest BCUT2D eigenvalue weighted by Crippen LogP contribution is 2.27. The topological polar surface area (TPSA) is 37.3 Å². The molecule has 2 heteroatoms. The molecular weight excluding hydrogens is 200 g/mol. The van der Waals surface area contributed by atoms with Gasteiger partial charge >= 0.3 is 5.97 Å². The second kappa shape index (κ2) is 7.70. The molecule has 0 saturated heterocycles. The van der Waals surface area contributed by atoms with Crippen LogP contribution in [0.4, 0.5) is 0 Å². The van der Waals surface area contributed by atoms with Gasteiger partial charge < -0.3 is 5.11 Å². The molecule has 1 N–H and O–H groups in total. The molecule has 0 amide bonds. The average molecular weight is 228 g/mol. The van der Waals surface area contributed by atoms with Crippen LogP contribution in [0.2, 0.25) is 0 Å². The van der Waals surface area contributed by atoms with E-state index in [2.05, 4.69) is 27.7 Å². The van der Waals surface area contributed by atoms with Crippen LogP contribution in [0.1, 0.15) is 72.6 Å². The Morgan fingerprint density at radius 1 is 1.12 bits per heavy atom. The maximum atomic E-state index is 10.3. The van der Waals surface area contributed by atoms with Crippen molar-refractivity contribution in [3.8, 4) is 0 Å². The molecule has 0 rings (SSSR count). The monoisotopic (exact) mass is 228 g/mol. The molecule has 0 heterocycles. The van der Waals surface area contributed by atoms with Crippen LogP contribution in [0.3, 0.4) is 0 Å². The summed E-state index contributed by atoms with van der Waals surface area (Å²) < 4.78 is 0. The summed E-state index contributed by atoms with van der Waals surface area (Å²) in [7, 11) is 0. The number of aliphatic carboxylic acids is 1. The molecule has 1 unspecified atom stereocenters. The van der Waals surface area contributed by atoms with Gasteiger partial charge in [0.1, 0.15) is 0 Å². The third-order valence-corrected chi connectivity index (χ3v) is 2.80. The summed E-state index contributed by atoms with van der Waals surface area (Å²) in [6, 6.07) is 0. The van der Waals surface area contributed by atoms with Gasteiger partial charge in [-0.2, -0.15) is 0 Å². The summed E-state index contributed by atoms with van der Waals surface area (Å²) in [6.07, 6.45) is 7.22. The Morgan fingerprint density at radius 2 is 1.69 bits per heavy atom. The van der Waals surface area contributed by atoms with Gasteiger partial charge in [0.2, 0.25) is 0 Å². The van der Waals surface area contributed by atoms with Gasteiger partial charge in [-0.3, -0.25) is 4.79 Å². The van der Waals surface area contributed by atoms with E-state index in [0.717, 1.165) is 18.8 Å². The van der Waals surface area contributed by atoms with Crippen LogP contribution < -0.4 is 0 Å². The number of unbranched alkanes of at least 4 members (excludes halogenated alkanes) is 3. The zero-order valence-electron chi connectivity index (χ0n) is 11.4. The van der Waals surface area contributed by atoms with Crippen LogP contribution in [-0.4, -0.2) is 11.1 Å². The maximum absolute atomic E-state index is 10.3. The van der Waals surface area contributed by atoms with E-state index in [9.17, 15) is 4.79 Å². The van der Waals surface area contributed by atoms with Gasteiger partial charge in [0.05, 0.1) is 0 Å². The minimum atomic E-state index is -0.666. The molecule has 0 aliphatic carbocycles. The Hall–Kier alpha value is -0.530. The first-order valence-corrected chi connectivity index (χ1v) is 6.53. The van der Waals surface area contributed by atoms with E-state index in [1.54, 1.807) is 0 Å². The lowest BCUT2D eigenvalue weighted by molar-refractivity contribution is -0.137. The Balaban J connectivity index is 3.35. The normalized spacial score (nSPS) is 13.8. The van der Waals surface area contributed by atoms with Gasteiger partial charge in [0.25, 0.3) is 0 Å². The van der Waals surface area contributed by atoms with Crippen molar-refractivity contribution in [1.82, 2.24) is 0 Å². The number of carboxylic acids is 1. The van der Waals surface area contributed by atoms with Crippen LogP contribution in [0.25, 0.3) is 0 Å². The summed E-state index contributed by atoms with van der Waals surface area (Å²) in [5.41, 5.74) is 0.433. The average Bonchev–Trinajstić information content (AvgIpc) is 2.07. The molecule has 2 nitrogen and oxygen atoms in total. The highest BCUT2D eigenvalue weighted by atomic mass is 16.4. The van der Waals surface area contributed by atoms with Crippen molar-refractivity contribution < 1.29 is 9.90 Å². The Labute approximate surface area is 100 Å². The Kier molecular flexibility index (Phi) is 7.44. The molecular formula is C14H28O2. The number of carboxylic acid groups (broad SMARTS) is 1. The molecule has 0 fully saturated rings. The molecule has 16 heavy (non-hydrogen) atoms. The number of hydrogen-bond acceptors (Lipinski definition) is 1.